The van der Waals surface area contributed by atoms with E-state index in [0.717, 1.165) is 25.8 Å². The van der Waals surface area contributed by atoms with Crippen LogP contribution in [-0.2, 0) is 34.2 Å². The number of fused-ring (bicyclic) bond motifs is 1. The molecule has 2 aromatic carbocycles. The molecule has 1 saturated carbocycles. The lowest BCUT2D eigenvalue weighted by molar-refractivity contribution is -0.126. The molecule has 0 unspecified atom stereocenters. The summed E-state index contributed by atoms with van der Waals surface area (Å²) < 4.78 is 29.9. The van der Waals surface area contributed by atoms with Crippen molar-refractivity contribution in [2.24, 2.45) is 0 Å². The maximum atomic E-state index is 13.4. The first-order valence-corrected chi connectivity index (χ1v) is 15.5. The van der Waals surface area contributed by atoms with Gasteiger partial charge in [0.1, 0.15) is 6.04 Å². The number of aromatic nitrogens is 3. The zero-order valence-electron chi connectivity index (χ0n) is 22.1. The molecule has 206 valence electrons. The van der Waals surface area contributed by atoms with Crippen LogP contribution in [0.1, 0.15) is 67.0 Å². The Bertz CT molecular complexity index is 1420. The van der Waals surface area contributed by atoms with Gasteiger partial charge in [-0.25, -0.2) is 13.1 Å². The van der Waals surface area contributed by atoms with Crippen LogP contribution in [0.3, 0.4) is 0 Å². The molecule has 3 aromatic rings. The van der Waals surface area contributed by atoms with Gasteiger partial charge in [0.15, 0.2) is 0 Å². The van der Waals surface area contributed by atoms with E-state index in [9.17, 15) is 13.2 Å². The lowest BCUT2D eigenvalue weighted by Crippen LogP contribution is -2.57. The summed E-state index contributed by atoms with van der Waals surface area (Å²) in [5.41, 5.74) is 4.56. The SMILES string of the molecule is O=C1NCCN(S(=O)(=O)c2ccccc2)[C@@H]1Cc1cn([C@@H]2CCCc3cc(CNC4CCCC4)ccc32)nn1. The Morgan fingerprint density at radius 3 is 2.67 bits per heavy atom. The van der Waals surface area contributed by atoms with Gasteiger partial charge in [-0.1, -0.05) is 54.5 Å². The van der Waals surface area contributed by atoms with Crippen LogP contribution in [0.15, 0.2) is 59.6 Å². The number of hydrogen-bond acceptors (Lipinski definition) is 6. The minimum absolute atomic E-state index is 0.0798. The molecule has 1 saturated heterocycles. The summed E-state index contributed by atoms with van der Waals surface area (Å²) in [6.45, 7) is 1.41. The second-order valence-electron chi connectivity index (χ2n) is 10.9. The molecule has 0 bridgehead atoms. The van der Waals surface area contributed by atoms with E-state index in [4.69, 9.17) is 0 Å². The summed E-state index contributed by atoms with van der Waals surface area (Å²) in [7, 11) is -3.82. The van der Waals surface area contributed by atoms with E-state index in [0.29, 0.717) is 11.7 Å². The van der Waals surface area contributed by atoms with Crippen molar-refractivity contribution in [3.05, 3.63) is 77.1 Å². The molecule has 2 aliphatic carbocycles. The van der Waals surface area contributed by atoms with Gasteiger partial charge in [-0.3, -0.25) is 4.79 Å². The average molecular weight is 549 g/mol. The lowest BCUT2D eigenvalue weighted by atomic mass is 9.86. The normalized spacial score (nSPS) is 22.5. The highest BCUT2D eigenvalue weighted by Gasteiger charge is 2.39. The fourth-order valence-electron chi connectivity index (χ4n) is 6.28. The molecule has 3 aliphatic rings. The van der Waals surface area contributed by atoms with Gasteiger partial charge in [0.2, 0.25) is 15.9 Å². The fourth-order valence-corrected chi connectivity index (χ4v) is 7.89. The van der Waals surface area contributed by atoms with Crippen LogP contribution in [0.2, 0.25) is 0 Å². The van der Waals surface area contributed by atoms with Gasteiger partial charge < -0.3 is 10.6 Å². The highest BCUT2D eigenvalue weighted by atomic mass is 32.2. The van der Waals surface area contributed by atoms with Crippen molar-refractivity contribution in [3.63, 3.8) is 0 Å². The Labute approximate surface area is 230 Å². The third kappa shape index (κ3) is 5.50. The van der Waals surface area contributed by atoms with Gasteiger partial charge in [0, 0.05) is 38.3 Å². The van der Waals surface area contributed by atoms with Crippen LogP contribution in [0.4, 0.5) is 0 Å². The van der Waals surface area contributed by atoms with E-state index in [-0.39, 0.29) is 36.4 Å². The molecule has 0 radical (unpaired) electrons. The van der Waals surface area contributed by atoms with E-state index >= 15 is 0 Å². The second-order valence-corrected chi connectivity index (χ2v) is 12.8. The molecular formula is C29H36N6O3S. The van der Waals surface area contributed by atoms with Crippen LogP contribution >= 0.6 is 0 Å². The van der Waals surface area contributed by atoms with Crippen molar-refractivity contribution in [2.45, 2.75) is 80.9 Å². The summed E-state index contributed by atoms with van der Waals surface area (Å²) in [5, 5.41) is 15.3. The highest BCUT2D eigenvalue weighted by molar-refractivity contribution is 7.89. The summed E-state index contributed by atoms with van der Waals surface area (Å²) in [6, 6.07) is 14.9. The minimum Gasteiger partial charge on any atom is -0.353 e. The Morgan fingerprint density at radius 2 is 1.85 bits per heavy atom. The van der Waals surface area contributed by atoms with E-state index in [2.05, 4.69) is 39.1 Å². The number of hydrogen-bond donors (Lipinski definition) is 2. The molecular weight excluding hydrogens is 512 g/mol. The molecule has 10 heteroatoms. The molecule has 39 heavy (non-hydrogen) atoms. The van der Waals surface area contributed by atoms with Crippen LogP contribution in [0.5, 0.6) is 0 Å². The van der Waals surface area contributed by atoms with Crippen LogP contribution < -0.4 is 10.6 Å². The average Bonchev–Trinajstić information content (AvgIpc) is 3.65. The fraction of sp³-hybridized carbons (Fsp3) is 0.483. The molecule has 2 N–H and O–H groups in total. The van der Waals surface area contributed by atoms with Crippen molar-refractivity contribution in [2.75, 3.05) is 13.1 Å². The molecule has 9 nitrogen and oxygen atoms in total. The van der Waals surface area contributed by atoms with Crippen LogP contribution in [0, 0.1) is 0 Å². The van der Waals surface area contributed by atoms with Crippen molar-refractivity contribution in [1.29, 1.82) is 0 Å². The molecule has 1 aromatic heterocycles. The molecule has 6 rings (SSSR count). The van der Waals surface area contributed by atoms with Gasteiger partial charge in [0.05, 0.1) is 16.6 Å². The zero-order valence-corrected chi connectivity index (χ0v) is 22.9. The monoisotopic (exact) mass is 548 g/mol. The van der Waals surface area contributed by atoms with Gasteiger partial charge in [-0.2, -0.15) is 4.31 Å². The quantitative estimate of drug-likeness (QED) is 0.448. The van der Waals surface area contributed by atoms with Gasteiger partial charge in [0.25, 0.3) is 0 Å². The summed E-state index contributed by atoms with van der Waals surface area (Å²) in [5.74, 6) is -0.308. The van der Waals surface area contributed by atoms with Crippen molar-refractivity contribution < 1.29 is 13.2 Å². The molecule has 2 fully saturated rings. The standard InChI is InChI=1S/C29H36N6O3S/c36-29-28(35(16-15-30-29)39(37,38)25-10-2-1-3-11-25)18-24-20-34(33-32-24)27-12-6-7-22-17-21(13-14-26(22)27)19-31-23-8-4-5-9-23/h1-3,10-11,13-14,17,20,23,27-28,31H,4-9,12,15-16,18-19H2,(H,30,36)/t27-,28-/m1/s1. The number of piperazine rings is 1. The Hall–Kier alpha value is -3.08. The maximum Gasteiger partial charge on any atom is 0.243 e. The number of nitrogens with zero attached hydrogens (tertiary/aromatic N) is 4. The Balaban J connectivity index is 1.18. The number of amides is 1. The molecule has 2 atom stereocenters. The van der Waals surface area contributed by atoms with E-state index < -0.39 is 16.1 Å². The first-order valence-electron chi connectivity index (χ1n) is 14.1. The Kier molecular flexibility index (Phi) is 7.51. The van der Waals surface area contributed by atoms with Crippen molar-refractivity contribution in [1.82, 2.24) is 29.9 Å². The van der Waals surface area contributed by atoms with Crippen LogP contribution in [-0.4, -0.2) is 58.8 Å². The van der Waals surface area contributed by atoms with Gasteiger partial charge in [-0.05, 0) is 60.9 Å². The lowest BCUT2D eigenvalue weighted by Gasteiger charge is -2.33. The molecule has 1 aliphatic heterocycles. The number of nitrogens with one attached hydrogen (secondary N) is 2. The predicted molar refractivity (Wildman–Crippen MR) is 147 cm³/mol. The topological polar surface area (TPSA) is 109 Å². The van der Waals surface area contributed by atoms with E-state index in [1.54, 1.807) is 30.3 Å². The van der Waals surface area contributed by atoms with Crippen molar-refractivity contribution in [3.8, 4) is 0 Å². The second kappa shape index (κ2) is 11.2. The number of carbonyl (C=O) groups is 1. The van der Waals surface area contributed by atoms with Gasteiger partial charge >= 0.3 is 0 Å². The van der Waals surface area contributed by atoms with Gasteiger partial charge in [-0.15, -0.1) is 5.10 Å². The number of carbonyl (C=O) groups excluding carboxylic acids is 1. The van der Waals surface area contributed by atoms with E-state index in [1.807, 2.05) is 10.9 Å². The zero-order chi connectivity index (χ0) is 26.8. The summed E-state index contributed by atoms with van der Waals surface area (Å²) in [6.07, 6.45) is 10.4. The third-order valence-corrected chi connectivity index (χ3v) is 10.3. The molecule has 2 heterocycles. The number of aryl methyl sites for hydroxylation is 1. The first kappa shape index (κ1) is 26.2. The van der Waals surface area contributed by atoms with Crippen LogP contribution in [0.25, 0.3) is 0 Å². The molecule has 0 spiro atoms. The number of benzene rings is 2. The number of sulfonamides is 1. The Morgan fingerprint density at radius 1 is 1.03 bits per heavy atom. The minimum atomic E-state index is -3.82. The largest absolute Gasteiger partial charge is 0.353 e. The highest BCUT2D eigenvalue weighted by Crippen LogP contribution is 2.33. The summed E-state index contributed by atoms with van der Waals surface area (Å²) >= 11 is 0. The number of rotatable bonds is 8. The first-order chi connectivity index (χ1) is 19.0. The predicted octanol–water partition coefficient (Wildman–Crippen LogP) is 2.97. The third-order valence-electron chi connectivity index (χ3n) is 8.35. The van der Waals surface area contributed by atoms with Crippen molar-refractivity contribution >= 4 is 15.9 Å². The smallest absolute Gasteiger partial charge is 0.243 e. The summed E-state index contributed by atoms with van der Waals surface area (Å²) in [4.78, 5) is 13.0. The maximum absolute atomic E-state index is 13.4. The van der Waals surface area contributed by atoms with E-state index in [1.165, 1.54) is 46.7 Å². The molecule has 1 amide bonds.